The van der Waals surface area contributed by atoms with Gasteiger partial charge < -0.3 is 4.90 Å². The molecule has 3 rings (SSSR count). The maximum Gasteiger partial charge on any atom is 0.247 e. The van der Waals surface area contributed by atoms with E-state index in [1.807, 2.05) is 42.4 Å². The zero-order chi connectivity index (χ0) is 16.9. The van der Waals surface area contributed by atoms with Gasteiger partial charge >= 0.3 is 0 Å². The van der Waals surface area contributed by atoms with Gasteiger partial charge in [0.2, 0.25) is 5.91 Å². The normalized spacial score (nSPS) is 17.0. The molecule has 1 saturated heterocycles. The second-order valence-corrected chi connectivity index (χ2v) is 6.39. The summed E-state index contributed by atoms with van der Waals surface area (Å²) in [5, 5.41) is 4.73. The summed E-state index contributed by atoms with van der Waals surface area (Å²) in [5.41, 5.74) is 1.14. The first kappa shape index (κ1) is 16.9. The fourth-order valence-corrected chi connectivity index (χ4v) is 3.15. The highest BCUT2D eigenvalue weighted by Gasteiger charge is 2.27. The molecule has 3 heterocycles. The fraction of sp³-hybridized carbons (Fsp3) is 0.471. The zero-order valence-corrected chi connectivity index (χ0v) is 14.6. The van der Waals surface area contributed by atoms with Gasteiger partial charge in [-0.05, 0) is 24.1 Å². The van der Waals surface area contributed by atoms with E-state index in [1.165, 1.54) is 0 Å². The van der Waals surface area contributed by atoms with E-state index in [0.29, 0.717) is 5.15 Å². The SMILES string of the molecule is CCC(C(=O)N1CCN(Cc2ccc(Cl)nc2)CC1)n1cccn1. The van der Waals surface area contributed by atoms with Crippen LogP contribution in [-0.2, 0) is 11.3 Å². The molecule has 0 aliphatic carbocycles. The lowest BCUT2D eigenvalue weighted by molar-refractivity contribution is -0.137. The lowest BCUT2D eigenvalue weighted by atomic mass is 10.1. The lowest BCUT2D eigenvalue weighted by Gasteiger charge is -2.36. The maximum atomic E-state index is 12.8. The van der Waals surface area contributed by atoms with Gasteiger partial charge in [0.25, 0.3) is 0 Å². The van der Waals surface area contributed by atoms with Gasteiger partial charge in [0, 0.05) is 51.3 Å². The molecule has 1 atom stereocenters. The Morgan fingerprint density at radius 2 is 2.08 bits per heavy atom. The smallest absolute Gasteiger partial charge is 0.247 e. The average molecular weight is 348 g/mol. The third kappa shape index (κ3) is 3.94. The fourth-order valence-electron chi connectivity index (χ4n) is 3.04. The van der Waals surface area contributed by atoms with Gasteiger partial charge in [-0.25, -0.2) is 4.98 Å². The number of nitrogens with zero attached hydrogens (tertiary/aromatic N) is 5. The minimum Gasteiger partial charge on any atom is -0.338 e. The Morgan fingerprint density at radius 3 is 2.67 bits per heavy atom. The molecule has 6 nitrogen and oxygen atoms in total. The summed E-state index contributed by atoms with van der Waals surface area (Å²) in [5.74, 6) is 0.161. The largest absolute Gasteiger partial charge is 0.338 e. The van der Waals surface area contributed by atoms with Crippen molar-refractivity contribution in [2.24, 2.45) is 0 Å². The van der Waals surface area contributed by atoms with Gasteiger partial charge in [-0.2, -0.15) is 5.10 Å². The summed E-state index contributed by atoms with van der Waals surface area (Å²) in [4.78, 5) is 21.2. The molecule has 0 spiro atoms. The zero-order valence-electron chi connectivity index (χ0n) is 13.8. The van der Waals surface area contributed by atoms with Crippen LogP contribution in [0.25, 0.3) is 0 Å². The van der Waals surface area contributed by atoms with Gasteiger partial charge in [-0.1, -0.05) is 24.6 Å². The van der Waals surface area contributed by atoms with Crippen LogP contribution in [0.5, 0.6) is 0 Å². The number of piperazine rings is 1. The molecule has 1 aliphatic rings. The van der Waals surface area contributed by atoms with E-state index in [9.17, 15) is 4.79 Å². The van der Waals surface area contributed by atoms with Crippen molar-refractivity contribution in [2.75, 3.05) is 26.2 Å². The average Bonchev–Trinajstić information content (AvgIpc) is 3.12. The number of hydrogen-bond donors (Lipinski definition) is 0. The molecule has 24 heavy (non-hydrogen) atoms. The number of rotatable bonds is 5. The monoisotopic (exact) mass is 347 g/mol. The number of carbonyl (C=O) groups excluding carboxylic acids is 1. The van der Waals surface area contributed by atoms with Crippen molar-refractivity contribution in [1.82, 2.24) is 24.6 Å². The second kappa shape index (κ2) is 7.77. The van der Waals surface area contributed by atoms with E-state index in [1.54, 1.807) is 10.9 Å². The Kier molecular flexibility index (Phi) is 5.48. The Bertz CT molecular complexity index is 650. The van der Waals surface area contributed by atoms with E-state index in [0.717, 1.165) is 44.7 Å². The van der Waals surface area contributed by atoms with Crippen LogP contribution >= 0.6 is 11.6 Å². The predicted molar refractivity (Wildman–Crippen MR) is 92.7 cm³/mol. The molecule has 0 saturated carbocycles. The van der Waals surface area contributed by atoms with Crippen molar-refractivity contribution < 1.29 is 4.79 Å². The van der Waals surface area contributed by atoms with Gasteiger partial charge in [-0.3, -0.25) is 14.4 Å². The number of amides is 1. The minimum atomic E-state index is -0.202. The molecular formula is C17H22ClN5O. The Morgan fingerprint density at radius 1 is 1.29 bits per heavy atom. The molecule has 1 amide bonds. The lowest BCUT2D eigenvalue weighted by Crippen LogP contribution is -2.50. The molecule has 128 valence electrons. The summed E-state index contributed by atoms with van der Waals surface area (Å²) >= 11 is 5.82. The van der Waals surface area contributed by atoms with Crippen molar-refractivity contribution in [1.29, 1.82) is 0 Å². The van der Waals surface area contributed by atoms with E-state index in [4.69, 9.17) is 11.6 Å². The van der Waals surface area contributed by atoms with Crippen molar-refractivity contribution >= 4 is 17.5 Å². The molecule has 0 radical (unpaired) electrons. The summed E-state index contributed by atoms with van der Waals surface area (Å²) in [7, 11) is 0. The van der Waals surface area contributed by atoms with Crippen LogP contribution in [0.3, 0.4) is 0 Å². The molecule has 0 N–H and O–H groups in total. The molecule has 1 aliphatic heterocycles. The van der Waals surface area contributed by atoms with Crippen LogP contribution in [0.2, 0.25) is 5.15 Å². The Labute approximate surface area is 147 Å². The van der Waals surface area contributed by atoms with Crippen LogP contribution in [0.4, 0.5) is 0 Å². The molecule has 1 fully saturated rings. The third-order valence-electron chi connectivity index (χ3n) is 4.39. The van der Waals surface area contributed by atoms with Crippen LogP contribution in [0.1, 0.15) is 24.9 Å². The Hall–Kier alpha value is -1.92. The molecule has 2 aromatic heterocycles. The highest BCUT2D eigenvalue weighted by atomic mass is 35.5. The quantitative estimate of drug-likeness (QED) is 0.778. The first-order valence-electron chi connectivity index (χ1n) is 8.28. The van der Waals surface area contributed by atoms with E-state index < -0.39 is 0 Å². The highest BCUT2D eigenvalue weighted by molar-refractivity contribution is 6.29. The first-order chi connectivity index (χ1) is 11.7. The molecule has 1 unspecified atom stereocenters. The Balaban J connectivity index is 1.54. The number of carbonyl (C=O) groups is 1. The minimum absolute atomic E-state index is 0.161. The van der Waals surface area contributed by atoms with Gasteiger partial charge in [0.1, 0.15) is 11.2 Å². The standard InChI is InChI=1S/C17H22ClN5O/c1-2-15(23-7-3-6-20-23)17(24)22-10-8-21(9-11-22)13-14-4-5-16(18)19-12-14/h3-7,12,15H,2,8-11,13H2,1H3. The number of hydrogen-bond acceptors (Lipinski definition) is 4. The van der Waals surface area contributed by atoms with Crippen LogP contribution in [0.15, 0.2) is 36.8 Å². The molecular weight excluding hydrogens is 326 g/mol. The third-order valence-corrected chi connectivity index (χ3v) is 4.62. The summed E-state index contributed by atoms with van der Waals surface area (Å²) in [6.07, 6.45) is 6.13. The number of halogens is 1. The molecule has 2 aromatic rings. The highest BCUT2D eigenvalue weighted by Crippen LogP contribution is 2.16. The van der Waals surface area contributed by atoms with Gasteiger partial charge in [-0.15, -0.1) is 0 Å². The summed E-state index contributed by atoms with van der Waals surface area (Å²) in [6.45, 7) is 6.08. The van der Waals surface area contributed by atoms with Crippen LogP contribution in [-0.4, -0.2) is 56.7 Å². The van der Waals surface area contributed by atoms with Crippen LogP contribution < -0.4 is 0 Å². The predicted octanol–water partition coefficient (Wildman–Crippen LogP) is 2.23. The number of aromatic nitrogens is 3. The van der Waals surface area contributed by atoms with Crippen molar-refractivity contribution in [2.45, 2.75) is 25.9 Å². The van der Waals surface area contributed by atoms with Gasteiger partial charge in [0.15, 0.2) is 0 Å². The van der Waals surface area contributed by atoms with Crippen molar-refractivity contribution in [3.8, 4) is 0 Å². The second-order valence-electron chi connectivity index (χ2n) is 6.00. The van der Waals surface area contributed by atoms with E-state index in [2.05, 4.69) is 15.0 Å². The van der Waals surface area contributed by atoms with Gasteiger partial charge in [0.05, 0.1) is 0 Å². The van der Waals surface area contributed by atoms with Crippen LogP contribution in [0, 0.1) is 0 Å². The topological polar surface area (TPSA) is 54.3 Å². The molecule has 0 bridgehead atoms. The van der Waals surface area contributed by atoms with E-state index in [-0.39, 0.29) is 11.9 Å². The first-order valence-corrected chi connectivity index (χ1v) is 8.66. The molecule has 7 heteroatoms. The maximum absolute atomic E-state index is 12.8. The van der Waals surface area contributed by atoms with Crippen molar-refractivity contribution in [3.05, 3.63) is 47.5 Å². The number of pyridine rings is 1. The summed E-state index contributed by atoms with van der Waals surface area (Å²) in [6, 6.07) is 5.46. The summed E-state index contributed by atoms with van der Waals surface area (Å²) < 4.78 is 1.76. The van der Waals surface area contributed by atoms with E-state index >= 15 is 0 Å². The van der Waals surface area contributed by atoms with Crippen molar-refractivity contribution in [3.63, 3.8) is 0 Å². The molecule has 0 aromatic carbocycles.